The van der Waals surface area contributed by atoms with E-state index in [0.29, 0.717) is 6.04 Å². The molecule has 1 aliphatic rings. The molecule has 1 N–H and O–H groups in total. The van der Waals surface area contributed by atoms with E-state index < -0.39 is 0 Å². The van der Waals surface area contributed by atoms with Crippen LogP contribution in [0, 0.1) is 6.92 Å². The third kappa shape index (κ3) is 3.13. The molecule has 1 saturated heterocycles. The molecule has 1 aliphatic heterocycles. The van der Waals surface area contributed by atoms with Crippen molar-refractivity contribution in [2.75, 3.05) is 32.6 Å². The van der Waals surface area contributed by atoms with Crippen LogP contribution < -0.4 is 10.1 Å². The van der Waals surface area contributed by atoms with Gasteiger partial charge in [0.1, 0.15) is 5.75 Å². The van der Waals surface area contributed by atoms with Crippen LogP contribution in [0.2, 0.25) is 0 Å². The van der Waals surface area contributed by atoms with Gasteiger partial charge in [-0.25, -0.2) is 0 Å². The largest absolute Gasteiger partial charge is 0.496 e. The highest BCUT2D eigenvalue weighted by Gasteiger charge is 2.16. The van der Waals surface area contributed by atoms with Crippen LogP contribution in [0.1, 0.15) is 18.4 Å². The summed E-state index contributed by atoms with van der Waals surface area (Å²) in [5.41, 5.74) is 2.35. The van der Waals surface area contributed by atoms with Crippen LogP contribution in [0.5, 0.6) is 5.75 Å². The van der Waals surface area contributed by atoms with Crippen molar-refractivity contribution in [3.63, 3.8) is 0 Å². The van der Waals surface area contributed by atoms with Crippen molar-refractivity contribution >= 4 is 5.69 Å². The Morgan fingerprint density at radius 1 is 1.29 bits per heavy atom. The molecule has 0 saturated carbocycles. The lowest BCUT2D eigenvalue weighted by atomic mass is 10.0. The Morgan fingerprint density at radius 2 is 2.00 bits per heavy atom. The molecule has 1 aromatic rings. The summed E-state index contributed by atoms with van der Waals surface area (Å²) < 4.78 is 5.34. The van der Waals surface area contributed by atoms with Gasteiger partial charge in [-0.05, 0) is 51.5 Å². The molecular weight excluding hydrogens is 212 g/mol. The van der Waals surface area contributed by atoms with E-state index in [4.69, 9.17) is 4.74 Å². The van der Waals surface area contributed by atoms with E-state index in [0.717, 1.165) is 5.75 Å². The number of ether oxygens (including phenoxy) is 1. The third-order valence-corrected chi connectivity index (χ3v) is 3.50. The lowest BCUT2D eigenvalue weighted by Gasteiger charge is -2.30. The van der Waals surface area contributed by atoms with E-state index in [1.807, 2.05) is 0 Å². The highest BCUT2D eigenvalue weighted by atomic mass is 16.5. The smallest absolute Gasteiger partial charge is 0.123 e. The van der Waals surface area contributed by atoms with Gasteiger partial charge in [-0.1, -0.05) is 6.07 Å². The van der Waals surface area contributed by atoms with E-state index in [1.165, 1.54) is 37.2 Å². The average Bonchev–Trinajstić information content (AvgIpc) is 2.34. The minimum Gasteiger partial charge on any atom is -0.496 e. The summed E-state index contributed by atoms with van der Waals surface area (Å²) in [6.45, 7) is 4.43. The van der Waals surface area contributed by atoms with E-state index in [2.05, 4.69) is 42.4 Å². The molecule has 3 heteroatoms. The Balaban J connectivity index is 1.99. The number of hydrogen-bond acceptors (Lipinski definition) is 3. The molecule has 1 heterocycles. The predicted molar refractivity (Wildman–Crippen MR) is 71.9 cm³/mol. The number of benzene rings is 1. The molecule has 1 fully saturated rings. The first-order chi connectivity index (χ1) is 8.19. The van der Waals surface area contributed by atoms with E-state index in [-0.39, 0.29) is 0 Å². The number of rotatable bonds is 3. The maximum Gasteiger partial charge on any atom is 0.123 e. The molecule has 17 heavy (non-hydrogen) atoms. The first kappa shape index (κ1) is 12.2. The van der Waals surface area contributed by atoms with Crippen LogP contribution in [0.25, 0.3) is 0 Å². The second-order valence-corrected chi connectivity index (χ2v) is 4.91. The number of aryl methyl sites for hydroxylation is 1. The van der Waals surface area contributed by atoms with Gasteiger partial charge in [-0.15, -0.1) is 0 Å². The summed E-state index contributed by atoms with van der Waals surface area (Å²) in [7, 11) is 3.91. The minimum absolute atomic E-state index is 0.596. The lowest BCUT2D eigenvalue weighted by molar-refractivity contribution is 0.264. The van der Waals surface area contributed by atoms with Crippen molar-refractivity contribution in [2.24, 2.45) is 0 Å². The van der Waals surface area contributed by atoms with Crippen molar-refractivity contribution in [3.05, 3.63) is 23.8 Å². The summed E-state index contributed by atoms with van der Waals surface area (Å²) in [4.78, 5) is 2.38. The molecule has 0 aliphatic carbocycles. The van der Waals surface area contributed by atoms with Crippen LogP contribution in [-0.2, 0) is 0 Å². The fourth-order valence-electron chi connectivity index (χ4n) is 2.30. The molecule has 3 nitrogen and oxygen atoms in total. The van der Waals surface area contributed by atoms with Gasteiger partial charge in [0, 0.05) is 17.8 Å². The van der Waals surface area contributed by atoms with Gasteiger partial charge in [0.15, 0.2) is 0 Å². The molecule has 0 bridgehead atoms. The summed E-state index contributed by atoms with van der Waals surface area (Å²) in [6, 6.07) is 6.93. The van der Waals surface area contributed by atoms with Gasteiger partial charge in [-0.2, -0.15) is 0 Å². The van der Waals surface area contributed by atoms with Crippen molar-refractivity contribution in [1.29, 1.82) is 0 Å². The van der Waals surface area contributed by atoms with Gasteiger partial charge in [0.2, 0.25) is 0 Å². The van der Waals surface area contributed by atoms with Crippen molar-refractivity contribution in [3.8, 4) is 5.75 Å². The standard InChI is InChI=1S/C14H22N2O/c1-11-4-5-13(10-14(11)17-3)15-12-6-8-16(2)9-7-12/h4-5,10,12,15H,6-9H2,1-3H3. The molecule has 0 spiro atoms. The maximum atomic E-state index is 5.34. The number of nitrogens with zero attached hydrogens (tertiary/aromatic N) is 1. The zero-order valence-electron chi connectivity index (χ0n) is 11.0. The number of nitrogens with one attached hydrogen (secondary N) is 1. The summed E-state index contributed by atoms with van der Waals surface area (Å²) in [5.74, 6) is 0.961. The second kappa shape index (κ2) is 5.41. The third-order valence-electron chi connectivity index (χ3n) is 3.50. The topological polar surface area (TPSA) is 24.5 Å². The molecule has 0 amide bonds. The zero-order valence-corrected chi connectivity index (χ0v) is 11.0. The van der Waals surface area contributed by atoms with Gasteiger partial charge in [0.05, 0.1) is 7.11 Å². The van der Waals surface area contributed by atoms with Crippen molar-refractivity contribution in [2.45, 2.75) is 25.8 Å². The lowest BCUT2D eigenvalue weighted by Crippen LogP contribution is -2.36. The SMILES string of the molecule is COc1cc(NC2CCN(C)CC2)ccc1C. The number of piperidine rings is 1. The normalized spacial score (nSPS) is 18.1. The monoisotopic (exact) mass is 234 g/mol. The Hall–Kier alpha value is -1.22. The van der Waals surface area contributed by atoms with Crippen molar-refractivity contribution in [1.82, 2.24) is 4.90 Å². The Bertz CT molecular complexity index is 370. The number of anilines is 1. The quantitative estimate of drug-likeness (QED) is 0.869. The first-order valence-corrected chi connectivity index (χ1v) is 6.29. The van der Waals surface area contributed by atoms with Crippen molar-refractivity contribution < 1.29 is 4.74 Å². The van der Waals surface area contributed by atoms with Crippen LogP contribution in [0.15, 0.2) is 18.2 Å². The van der Waals surface area contributed by atoms with Gasteiger partial charge < -0.3 is 15.0 Å². The summed E-state index contributed by atoms with van der Waals surface area (Å²) >= 11 is 0. The van der Waals surface area contributed by atoms with Crippen LogP contribution in [0.3, 0.4) is 0 Å². The minimum atomic E-state index is 0.596. The highest BCUT2D eigenvalue weighted by Crippen LogP contribution is 2.24. The Kier molecular flexibility index (Phi) is 3.89. The average molecular weight is 234 g/mol. The van der Waals surface area contributed by atoms with Gasteiger partial charge in [-0.3, -0.25) is 0 Å². The molecule has 2 rings (SSSR count). The molecule has 0 radical (unpaired) electrons. The first-order valence-electron chi connectivity index (χ1n) is 6.29. The molecule has 0 unspecified atom stereocenters. The second-order valence-electron chi connectivity index (χ2n) is 4.91. The molecular formula is C14H22N2O. The molecule has 94 valence electrons. The zero-order chi connectivity index (χ0) is 12.3. The fourth-order valence-corrected chi connectivity index (χ4v) is 2.30. The highest BCUT2D eigenvalue weighted by molar-refractivity contribution is 5.52. The van der Waals surface area contributed by atoms with Crippen LogP contribution in [0.4, 0.5) is 5.69 Å². The van der Waals surface area contributed by atoms with Gasteiger partial charge >= 0.3 is 0 Å². The number of likely N-dealkylation sites (tertiary alicyclic amines) is 1. The summed E-state index contributed by atoms with van der Waals surface area (Å²) in [5, 5.41) is 3.60. The van der Waals surface area contributed by atoms with Crippen LogP contribution in [-0.4, -0.2) is 38.2 Å². The molecule has 0 atom stereocenters. The maximum absolute atomic E-state index is 5.34. The fraction of sp³-hybridized carbons (Fsp3) is 0.571. The Labute approximate surface area is 104 Å². The van der Waals surface area contributed by atoms with E-state index in [9.17, 15) is 0 Å². The number of hydrogen-bond donors (Lipinski definition) is 1. The van der Waals surface area contributed by atoms with Gasteiger partial charge in [0.25, 0.3) is 0 Å². The van der Waals surface area contributed by atoms with E-state index in [1.54, 1.807) is 7.11 Å². The van der Waals surface area contributed by atoms with E-state index >= 15 is 0 Å². The summed E-state index contributed by atoms with van der Waals surface area (Å²) in [6.07, 6.45) is 2.43. The predicted octanol–water partition coefficient (Wildman–Crippen LogP) is 2.51. The number of methoxy groups -OCH3 is 1. The molecule has 0 aromatic heterocycles. The van der Waals surface area contributed by atoms with Crippen LogP contribution >= 0.6 is 0 Å². The molecule has 1 aromatic carbocycles. The Morgan fingerprint density at radius 3 is 2.65 bits per heavy atom.